The molecule has 0 heterocycles. The number of rotatable bonds is 5. The summed E-state index contributed by atoms with van der Waals surface area (Å²) in [5.74, 6) is -0.783. The fraction of sp³-hybridized carbons (Fsp3) is 0.176. The molecule has 25 heavy (non-hydrogen) atoms. The molecule has 2 aromatic rings. The Morgan fingerprint density at radius 3 is 2.64 bits per heavy atom. The van der Waals surface area contributed by atoms with Gasteiger partial charge < -0.3 is 25.8 Å². The minimum absolute atomic E-state index is 0.0317. The van der Waals surface area contributed by atoms with Gasteiger partial charge in [-0.05, 0) is 24.3 Å². The maximum Gasteiger partial charge on any atom is 0.319 e. The highest BCUT2D eigenvalue weighted by atomic mass is 19.1. The van der Waals surface area contributed by atoms with Crippen molar-refractivity contribution in [3.05, 3.63) is 47.8 Å². The Kier molecular flexibility index (Phi) is 5.78. The molecule has 8 heteroatoms. The SMILES string of the molecule is COc1cccc(CNC(=O)Nc2ccc(F)c(NC(C)=O)c2)c1O. The molecule has 0 saturated heterocycles. The van der Waals surface area contributed by atoms with Crippen LogP contribution in [0.15, 0.2) is 36.4 Å². The number of hydrogen-bond donors (Lipinski definition) is 4. The number of amides is 3. The number of hydrogen-bond acceptors (Lipinski definition) is 4. The van der Waals surface area contributed by atoms with Crippen molar-refractivity contribution in [2.45, 2.75) is 13.5 Å². The fourth-order valence-corrected chi connectivity index (χ4v) is 2.11. The van der Waals surface area contributed by atoms with E-state index in [1.807, 2.05) is 0 Å². The molecular formula is C17H18FN3O4. The van der Waals surface area contributed by atoms with Crippen LogP contribution < -0.4 is 20.7 Å². The van der Waals surface area contributed by atoms with Gasteiger partial charge >= 0.3 is 6.03 Å². The number of carbonyl (C=O) groups is 2. The average Bonchev–Trinajstić information content (AvgIpc) is 2.56. The first-order valence-electron chi connectivity index (χ1n) is 7.37. The van der Waals surface area contributed by atoms with E-state index in [1.165, 1.54) is 26.2 Å². The zero-order valence-electron chi connectivity index (χ0n) is 13.7. The lowest BCUT2D eigenvalue weighted by molar-refractivity contribution is -0.114. The third kappa shape index (κ3) is 4.84. The molecule has 0 atom stereocenters. The number of aromatic hydroxyl groups is 1. The number of nitrogens with one attached hydrogen (secondary N) is 3. The Bertz CT molecular complexity index is 795. The van der Waals surface area contributed by atoms with Crippen LogP contribution in [0.4, 0.5) is 20.6 Å². The van der Waals surface area contributed by atoms with Crippen LogP contribution in [0.2, 0.25) is 0 Å². The molecule has 0 aromatic heterocycles. The van der Waals surface area contributed by atoms with E-state index < -0.39 is 17.8 Å². The largest absolute Gasteiger partial charge is 0.504 e. The summed E-state index contributed by atoms with van der Waals surface area (Å²) in [5, 5.41) is 17.4. The molecule has 0 saturated carbocycles. The minimum atomic E-state index is -0.609. The van der Waals surface area contributed by atoms with Gasteiger partial charge in [0, 0.05) is 24.7 Å². The number of para-hydroxylation sites is 1. The molecular weight excluding hydrogens is 329 g/mol. The van der Waals surface area contributed by atoms with E-state index >= 15 is 0 Å². The molecule has 0 aliphatic heterocycles. The quantitative estimate of drug-likeness (QED) is 0.668. The topological polar surface area (TPSA) is 99.7 Å². The Morgan fingerprint density at radius 1 is 1.20 bits per heavy atom. The molecule has 132 valence electrons. The first-order valence-corrected chi connectivity index (χ1v) is 7.37. The van der Waals surface area contributed by atoms with Gasteiger partial charge in [0.15, 0.2) is 11.5 Å². The number of phenols is 1. The third-order valence-corrected chi connectivity index (χ3v) is 3.28. The van der Waals surface area contributed by atoms with Gasteiger partial charge in [-0.25, -0.2) is 9.18 Å². The molecule has 0 aliphatic rings. The zero-order chi connectivity index (χ0) is 18.4. The molecule has 0 aliphatic carbocycles. The van der Waals surface area contributed by atoms with Crippen molar-refractivity contribution in [2.24, 2.45) is 0 Å². The molecule has 2 rings (SSSR count). The minimum Gasteiger partial charge on any atom is -0.504 e. The number of methoxy groups -OCH3 is 1. The van der Waals surface area contributed by atoms with Crippen molar-refractivity contribution in [3.8, 4) is 11.5 Å². The molecule has 2 aromatic carbocycles. The van der Waals surface area contributed by atoms with Gasteiger partial charge in [0.25, 0.3) is 0 Å². The number of carbonyl (C=O) groups excluding carboxylic acids is 2. The van der Waals surface area contributed by atoms with Gasteiger partial charge in [0.2, 0.25) is 5.91 Å². The second kappa shape index (κ2) is 8.00. The number of halogens is 1. The maximum absolute atomic E-state index is 13.6. The predicted molar refractivity (Wildman–Crippen MR) is 91.2 cm³/mol. The summed E-state index contributed by atoms with van der Waals surface area (Å²) >= 11 is 0. The second-order valence-corrected chi connectivity index (χ2v) is 5.15. The van der Waals surface area contributed by atoms with Crippen LogP contribution in [-0.2, 0) is 11.3 Å². The first kappa shape index (κ1) is 18.1. The van der Waals surface area contributed by atoms with Crippen LogP contribution in [0, 0.1) is 5.82 Å². The number of anilines is 2. The average molecular weight is 347 g/mol. The molecule has 0 unspecified atom stereocenters. The summed E-state index contributed by atoms with van der Waals surface area (Å²) < 4.78 is 18.6. The first-order chi connectivity index (χ1) is 11.9. The van der Waals surface area contributed by atoms with Crippen molar-refractivity contribution in [1.82, 2.24) is 5.32 Å². The Morgan fingerprint density at radius 2 is 1.96 bits per heavy atom. The van der Waals surface area contributed by atoms with Crippen LogP contribution in [0.3, 0.4) is 0 Å². The summed E-state index contributed by atoms with van der Waals surface area (Å²) in [6, 6.07) is 8.18. The van der Waals surface area contributed by atoms with Crippen LogP contribution >= 0.6 is 0 Å². The van der Waals surface area contributed by atoms with E-state index in [0.29, 0.717) is 17.0 Å². The van der Waals surface area contributed by atoms with E-state index in [4.69, 9.17) is 4.74 Å². The van der Waals surface area contributed by atoms with Gasteiger partial charge in [-0.2, -0.15) is 0 Å². The molecule has 0 radical (unpaired) electrons. The summed E-state index contributed by atoms with van der Waals surface area (Å²) in [6.07, 6.45) is 0. The highest BCUT2D eigenvalue weighted by Gasteiger charge is 2.10. The summed E-state index contributed by atoms with van der Waals surface area (Å²) in [5.41, 5.74) is 0.751. The number of ether oxygens (including phenoxy) is 1. The van der Waals surface area contributed by atoms with E-state index in [9.17, 15) is 19.1 Å². The number of urea groups is 1. The molecule has 7 nitrogen and oxygen atoms in total. The van der Waals surface area contributed by atoms with Gasteiger partial charge in [-0.15, -0.1) is 0 Å². The van der Waals surface area contributed by atoms with E-state index in [0.717, 1.165) is 6.07 Å². The maximum atomic E-state index is 13.6. The predicted octanol–water partition coefficient (Wildman–Crippen LogP) is 2.82. The van der Waals surface area contributed by atoms with Crippen LogP contribution in [0.5, 0.6) is 11.5 Å². The second-order valence-electron chi connectivity index (χ2n) is 5.15. The standard InChI is InChI=1S/C17H18FN3O4/c1-10(22)20-14-8-12(6-7-13(14)18)21-17(24)19-9-11-4-3-5-15(25-2)16(11)23/h3-8,23H,9H2,1-2H3,(H,20,22)(H2,19,21,24). The van der Waals surface area contributed by atoms with Crippen molar-refractivity contribution < 1.29 is 23.8 Å². The highest BCUT2D eigenvalue weighted by Crippen LogP contribution is 2.29. The van der Waals surface area contributed by atoms with Crippen molar-refractivity contribution in [3.63, 3.8) is 0 Å². The Balaban J connectivity index is 2.00. The molecule has 3 amide bonds. The summed E-state index contributed by atoms with van der Waals surface area (Å²) in [6.45, 7) is 1.32. The lowest BCUT2D eigenvalue weighted by atomic mass is 10.2. The molecule has 4 N–H and O–H groups in total. The van der Waals surface area contributed by atoms with Gasteiger partial charge in [0.05, 0.1) is 12.8 Å². The number of phenolic OH excluding ortho intramolecular Hbond substituents is 1. The van der Waals surface area contributed by atoms with Crippen LogP contribution in [0.1, 0.15) is 12.5 Å². The van der Waals surface area contributed by atoms with E-state index in [2.05, 4.69) is 16.0 Å². The van der Waals surface area contributed by atoms with Crippen molar-refractivity contribution >= 4 is 23.3 Å². The Hall–Kier alpha value is -3.29. The number of benzene rings is 2. The van der Waals surface area contributed by atoms with Crippen molar-refractivity contribution in [1.29, 1.82) is 0 Å². The molecule has 0 spiro atoms. The molecule has 0 bridgehead atoms. The van der Waals surface area contributed by atoms with Gasteiger partial charge in [0.1, 0.15) is 5.82 Å². The van der Waals surface area contributed by atoms with E-state index in [1.54, 1.807) is 18.2 Å². The van der Waals surface area contributed by atoms with Crippen LogP contribution in [0.25, 0.3) is 0 Å². The van der Waals surface area contributed by atoms with E-state index in [-0.39, 0.29) is 18.0 Å². The van der Waals surface area contributed by atoms with Crippen LogP contribution in [-0.4, -0.2) is 24.2 Å². The monoisotopic (exact) mass is 347 g/mol. The lowest BCUT2D eigenvalue weighted by Crippen LogP contribution is -2.28. The normalized spacial score (nSPS) is 10.0. The Labute approximate surface area is 143 Å². The fourth-order valence-electron chi connectivity index (χ4n) is 2.11. The molecule has 0 fully saturated rings. The third-order valence-electron chi connectivity index (χ3n) is 3.28. The van der Waals surface area contributed by atoms with Crippen molar-refractivity contribution in [2.75, 3.05) is 17.7 Å². The highest BCUT2D eigenvalue weighted by molar-refractivity contribution is 5.92. The van der Waals surface area contributed by atoms with Gasteiger partial charge in [-0.3, -0.25) is 4.79 Å². The smallest absolute Gasteiger partial charge is 0.319 e. The lowest BCUT2D eigenvalue weighted by Gasteiger charge is -2.12. The summed E-state index contributed by atoms with van der Waals surface area (Å²) in [4.78, 5) is 23.0. The van der Waals surface area contributed by atoms with Gasteiger partial charge in [-0.1, -0.05) is 12.1 Å². The zero-order valence-corrected chi connectivity index (χ0v) is 13.7. The summed E-state index contributed by atoms with van der Waals surface area (Å²) in [7, 11) is 1.43.